The maximum Gasteiger partial charge on any atom is 0.338 e. The molecule has 0 aliphatic heterocycles. The Bertz CT molecular complexity index is 489. The molecule has 0 aliphatic rings. The van der Waals surface area contributed by atoms with Crippen LogP contribution in [0.4, 0.5) is 4.39 Å². The van der Waals surface area contributed by atoms with Crippen molar-refractivity contribution in [2.24, 2.45) is 5.73 Å². The van der Waals surface area contributed by atoms with Gasteiger partial charge < -0.3 is 10.8 Å². The van der Waals surface area contributed by atoms with Crippen molar-refractivity contribution in [3.8, 4) is 0 Å². The molecular weight excluding hydrogens is 251 g/mol. The van der Waals surface area contributed by atoms with Gasteiger partial charge in [-0.1, -0.05) is 6.07 Å². The number of halogens is 1. The van der Waals surface area contributed by atoms with Crippen LogP contribution in [0.1, 0.15) is 29.8 Å². The Balaban J connectivity index is 2.88. The minimum atomic E-state index is -1.30. The number of nitrogens with zero attached hydrogens (tertiary/aromatic N) is 1. The Morgan fingerprint density at radius 1 is 1.42 bits per heavy atom. The number of benzene rings is 1. The van der Waals surface area contributed by atoms with Gasteiger partial charge in [0.05, 0.1) is 12.1 Å². The Labute approximate surface area is 110 Å². The van der Waals surface area contributed by atoms with Gasteiger partial charge in [0.2, 0.25) is 5.91 Å². The standard InChI is InChI=1S/C13H17FN2O3/c1-8(2)16(7-12(15)17)6-9-3-4-10(13(18)19)11(14)5-9/h3-5,8H,6-7H2,1-2H3,(H2,15,17)(H,18,19). The molecule has 0 bridgehead atoms. The van der Waals surface area contributed by atoms with Crippen LogP contribution in [0.25, 0.3) is 0 Å². The molecule has 0 aromatic heterocycles. The molecule has 3 N–H and O–H groups in total. The van der Waals surface area contributed by atoms with Crippen molar-refractivity contribution in [2.75, 3.05) is 6.54 Å². The zero-order valence-corrected chi connectivity index (χ0v) is 10.9. The number of hydrogen-bond acceptors (Lipinski definition) is 3. The fourth-order valence-corrected chi connectivity index (χ4v) is 1.69. The summed E-state index contributed by atoms with van der Waals surface area (Å²) < 4.78 is 13.5. The van der Waals surface area contributed by atoms with Crippen molar-refractivity contribution in [2.45, 2.75) is 26.4 Å². The zero-order chi connectivity index (χ0) is 14.6. The van der Waals surface area contributed by atoms with Gasteiger partial charge in [-0.3, -0.25) is 9.69 Å². The molecule has 0 spiro atoms. The number of carbonyl (C=O) groups is 2. The molecule has 19 heavy (non-hydrogen) atoms. The Morgan fingerprint density at radius 3 is 2.47 bits per heavy atom. The summed E-state index contributed by atoms with van der Waals surface area (Å²) in [5, 5.41) is 8.73. The lowest BCUT2D eigenvalue weighted by atomic mass is 10.1. The van der Waals surface area contributed by atoms with Crippen molar-refractivity contribution in [3.05, 3.63) is 35.1 Å². The van der Waals surface area contributed by atoms with Gasteiger partial charge in [0, 0.05) is 12.6 Å². The normalized spacial score (nSPS) is 11.0. The van der Waals surface area contributed by atoms with Gasteiger partial charge in [-0.2, -0.15) is 0 Å². The van der Waals surface area contributed by atoms with E-state index in [9.17, 15) is 14.0 Å². The number of hydrogen-bond donors (Lipinski definition) is 2. The molecule has 1 amide bonds. The largest absolute Gasteiger partial charge is 0.478 e. The highest BCUT2D eigenvalue weighted by molar-refractivity contribution is 5.87. The average molecular weight is 268 g/mol. The highest BCUT2D eigenvalue weighted by atomic mass is 19.1. The third-order valence-corrected chi connectivity index (χ3v) is 2.74. The molecule has 0 fully saturated rings. The highest BCUT2D eigenvalue weighted by Gasteiger charge is 2.15. The predicted octanol–water partition coefficient (Wildman–Crippen LogP) is 1.22. The molecule has 1 aromatic rings. The molecular formula is C13H17FN2O3. The summed E-state index contributed by atoms with van der Waals surface area (Å²) in [7, 11) is 0. The smallest absolute Gasteiger partial charge is 0.338 e. The summed E-state index contributed by atoms with van der Waals surface area (Å²) in [6.07, 6.45) is 0. The highest BCUT2D eigenvalue weighted by Crippen LogP contribution is 2.13. The summed E-state index contributed by atoms with van der Waals surface area (Å²) in [5.41, 5.74) is 5.38. The van der Waals surface area contributed by atoms with E-state index >= 15 is 0 Å². The summed E-state index contributed by atoms with van der Waals surface area (Å²) >= 11 is 0. The maximum absolute atomic E-state index is 13.5. The third-order valence-electron chi connectivity index (χ3n) is 2.74. The molecule has 104 valence electrons. The first-order valence-corrected chi connectivity index (χ1v) is 5.85. The zero-order valence-electron chi connectivity index (χ0n) is 10.9. The number of carboxylic acids is 1. The van der Waals surface area contributed by atoms with Crippen molar-refractivity contribution in [1.29, 1.82) is 0 Å². The van der Waals surface area contributed by atoms with E-state index in [4.69, 9.17) is 10.8 Å². The second kappa shape index (κ2) is 6.29. The van der Waals surface area contributed by atoms with Crippen LogP contribution in [0, 0.1) is 5.82 Å². The van der Waals surface area contributed by atoms with Crippen LogP contribution in [-0.4, -0.2) is 34.5 Å². The van der Waals surface area contributed by atoms with Crippen molar-refractivity contribution < 1.29 is 19.1 Å². The van der Waals surface area contributed by atoms with Gasteiger partial charge in [-0.05, 0) is 31.5 Å². The molecule has 1 aromatic carbocycles. The Hall–Kier alpha value is -1.95. The van der Waals surface area contributed by atoms with Crippen LogP contribution < -0.4 is 5.73 Å². The number of rotatable bonds is 6. The minimum absolute atomic E-state index is 0.0645. The monoisotopic (exact) mass is 268 g/mol. The number of carboxylic acid groups (broad SMARTS) is 1. The summed E-state index contributed by atoms with van der Waals surface area (Å²) in [4.78, 5) is 23.4. The first kappa shape index (κ1) is 15.1. The van der Waals surface area contributed by atoms with Crippen molar-refractivity contribution in [3.63, 3.8) is 0 Å². The molecule has 5 nitrogen and oxygen atoms in total. The number of aromatic carboxylic acids is 1. The van der Waals surface area contributed by atoms with E-state index in [1.54, 1.807) is 4.90 Å². The maximum atomic E-state index is 13.5. The topological polar surface area (TPSA) is 83.6 Å². The van der Waals surface area contributed by atoms with Crippen LogP contribution in [-0.2, 0) is 11.3 Å². The second-order valence-electron chi connectivity index (χ2n) is 4.58. The van der Waals surface area contributed by atoms with Crippen LogP contribution in [0.3, 0.4) is 0 Å². The summed E-state index contributed by atoms with van der Waals surface area (Å²) in [6.45, 7) is 4.19. The van der Waals surface area contributed by atoms with E-state index in [1.165, 1.54) is 18.2 Å². The molecule has 0 heterocycles. The summed E-state index contributed by atoms with van der Waals surface area (Å²) in [6, 6.07) is 3.98. The van der Waals surface area contributed by atoms with Crippen LogP contribution >= 0.6 is 0 Å². The molecule has 0 saturated heterocycles. The van der Waals surface area contributed by atoms with Gasteiger partial charge in [-0.25, -0.2) is 9.18 Å². The van der Waals surface area contributed by atoms with Crippen LogP contribution in [0.2, 0.25) is 0 Å². The van der Waals surface area contributed by atoms with E-state index < -0.39 is 17.7 Å². The number of nitrogens with two attached hydrogens (primary N) is 1. The third kappa shape index (κ3) is 4.33. The van der Waals surface area contributed by atoms with E-state index in [0.29, 0.717) is 12.1 Å². The fourth-order valence-electron chi connectivity index (χ4n) is 1.69. The summed E-state index contributed by atoms with van der Waals surface area (Å²) in [5.74, 6) is -2.55. The van der Waals surface area contributed by atoms with Crippen molar-refractivity contribution in [1.82, 2.24) is 4.90 Å². The Kier molecular flexibility index (Phi) is 5.00. The first-order chi connectivity index (χ1) is 8.81. The first-order valence-electron chi connectivity index (χ1n) is 5.85. The van der Waals surface area contributed by atoms with E-state index in [0.717, 1.165) is 0 Å². The van der Waals surface area contributed by atoms with Gasteiger partial charge in [0.15, 0.2) is 0 Å². The van der Waals surface area contributed by atoms with Gasteiger partial charge in [0.25, 0.3) is 0 Å². The Morgan fingerprint density at radius 2 is 2.05 bits per heavy atom. The SMILES string of the molecule is CC(C)N(CC(N)=O)Cc1ccc(C(=O)O)c(F)c1. The molecule has 0 saturated carbocycles. The molecule has 0 atom stereocenters. The van der Waals surface area contributed by atoms with Crippen molar-refractivity contribution >= 4 is 11.9 Å². The second-order valence-corrected chi connectivity index (χ2v) is 4.58. The van der Waals surface area contributed by atoms with Gasteiger partial charge >= 0.3 is 5.97 Å². The lowest BCUT2D eigenvalue weighted by Gasteiger charge is -2.25. The molecule has 0 radical (unpaired) electrons. The minimum Gasteiger partial charge on any atom is -0.478 e. The van der Waals surface area contributed by atoms with E-state index in [1.807, 2.05) is 13.8 Å². The predicted molar refractivity (Wildman–Crippen MR) is 68.1 cm³/mol. The van der Waals surface area contributed by atoms with E-state index in [-0.39, 0.29) is 18.2 Å². The van der Waals surface area contributed by atoms with Crippen LogP contribution in [0.5, 0.6) is 0 Å². The molecule has 0 unspecified atom stereocenters. The average Bonchev–Trinajstić information content (AvgIpc) is 2.26. The lowest BCUT2D eigenvalue weighted by molar-refractivity contribution is -0.119. The number of amides is 1. The molecule has 6 heteroatoms. The number of primary amides is 1. The fraction of sp³-hybridized carbons (Fsp3) is 0.385. The van der Waals surface area contributed by atoms with Crippen LogP contribution in [0.15, 0.2) is 18.2 Å². The van der Waals surface area contributed by atoms with Gasteiger partial charge in [-0.15, -0.1) is 0 Å². The number of carbonyl (C=O) groups excluding carboxylic acids is 1. The molecule has 1 rings (SSSR count). The molecule has 0 aliphatic carbocycles. The van der Waals surface area contributed by atoms with Gasteiger partial charge in [0.1, 0.15) is 5.82 Å². The quantitative estimate of drug-likeness (QED) is 0.812. The lowest BCUT2D eigenvalue weighted by Crippen LogP contribution is -2.38. The van der Waals surface area contributed by atoms with E-state index in [2.05, 4.69) is 0 Å².